The fraction of sp³-hybridized carbons (Fsp3) is 0.688. The summed E-state index contributed by atoms with van der Waals surface area (Å²) in [4.78, 5) is 6.96. The van der Waals surface area contributed by atoms with E-state index in [0.717, 1.165) is 30.4 Å². The lowest BCUT2D eigenvalue weighted by Crippen LogP contribution is -2.27. The van der Waals surface area contributed by atoms with Gasteiger partial charge in [-0.05, 0) is 36.7 Å². The van der Waals surface area contributed by atoms with Crippen molar-refractivity contribution in [3.05, 3.63) is 23.9 Å². The minimum atomic E-state index is 0.412. The maximum absolute atomic E-state index is 6.03. The lowest BCUT2D eigenvalue weighted by Gasteiger charge is -2.30. The van der Waals surface area contributed by atoms with Crippen molar-refractivity contribution in [1.82, 2.24) is 4.98 Å². The Morgan fingerprint density at radius 2 is 2.11 bits per heavy atom. The van der Waals surface area contributed by atoms with E-state index in [-0.39, 0.29) is 0 Å². The summed E-state index contributed by atoms with van der Waals surface area (Å²) in [7, 11) is 0. The van der Waals surface area contributed by atoms with Gasteiger partial charge in [0.05, 0.1) is 5.88 Å². The van der Waals surface area contributed by atoms with Gasteiger partial charge in [0.2, 0.25) is 0 Å². The van der Waals surface area contributed by atoms with E-state index in [1.165, 1.54) is 19.3 Å². The molecular weight excluding hydrogens is 256 g/mol. The van der Waals surface area contributed by atoms with Gasteiger partial charge in [-0.15, -0.1) is 11.6 Å². The Hall–Kier alpha value is -0.760. The molecule has 0 aliphatic carbocycles. The Labute approximate surface area is 122 Å². The summed E-state index contributed by atoms with van der Waals surface area (Å²) in [6.07, 6.45) is 5.70. The van der Waals surface area contributed by atoms with Crippen molar-refractivity contribution in [2.24, 2.45) is 11.3 Å². The zero-order valence-corrected chi connectivity index (χ0v) is 13.1. The van der Waals surface area contributed by atoms with E-state index in [9.17, 15) is 0 Å². The highest BCUT2D eigenvalue weighted by Gasteiger charge is 2.27. The van der Waals surface area contributed by atoms with Crippen LogP contribution in [0.1, 0.15) is 45.6 Å². The third kappa shape index (κ3) is 3.62. The van der Waals surface area contributed by atoms with Crippen LogP contribution >= 0.6 is 11.6 Å². The number of alkyl halides is 1. The minimum Gasteiger partial charge on any atom is -0.356 e. The third-order valence-electron chi connectivity index (χ3n) is 4.26. The molecule has 1 aliphatic rings. The summed E-state index contributed by atoms with van der Waals surface area (Å²) in [5.74, 6) is 2.44. The molecule has 106 valence electrons. The largest absolute Gasteiger partial charge is 0.356 e. The molecule has 0 bridgehead atoms. The second kappa shape index (κ2) is 6.13. The number of nitrogens with zero attached hydrogens (tertiary/aromatic N) is 2. The quantitative estimate of drug-likeness (QED) is 0.743. The minimum absolute atomic E-state index is 0.412. The molecule has 1 fully saturated rings. The molecule has 1 atom stereocenters. The molecule has 3 heteroatoms. The smallest absolute Gasteiger partial charge is 0.132 e. The SMILES string of the molecule is CC(C)(C)C1CCCN(c2ncccc2CCl)CC1. The van der Waals surface area contributed by atoms with Crippen molar-refractivity contribution in [1.29, 1.82) is 0 Å². The Bertz CT molecular complexity index is 411. The van der Waals surface area contributed by atoms with Gasteiger partial charge in [-0.25, -0.2) is 4.98 Å². The topological polar surface area (TPSA) is 16.1 Å². The fourth-order valence-electron chi connectivity index (χ4n) is 2.99. The van der Waals surface area contributed by atoms with Crippen molar-refractivity contribution in [3.63, 3.8) is 0 Å². The van der Waals surface area contributed by atoms with Gasteiger partial charge < -0.3 is 4.90 Å². The van der Waals surface area contributed by atoms with Crippen molar-refractivity contribution < 1.29 is 0 Å². The maximum atomic E-state index is 6.03. The van der Waals surface area contributed by atoms with Crippen LogP contribution in [0.2, 0.25) is 0 Å². The van der Waals surface area contributed by atoms with E-state index in [4.69, 9.17) is 11.6 Å². The summed E-state index contributed by atoms with van der Waals surface area (Å²) < 4.78 is 0. The first-order chi connectivity index (χ1) is 9.02. The summed E-state index contributed by atoms with van der Waals surface area (Å²) >= 11 is 6.03. The van der Waals surface area contributed by atoms with Crippen molar-refractivity contribution in [2.45, 2.75) is 45.9 Å². The molecule has 0 aromatic carbocycles. The van der Waals surface area contributed by atoms with Crippen LogP contribution < -0.4 is 4.90 Å². The van der Waals surface area contributed by atoms with Crippen LogP contribution in [0.25, 0.3) is 0 Å². The van der Waals surface area contributed by atoms with E-state index in [2.05, 4.69) is 36.7 Å². The summed E-state index contributed by atoms with van der Waals surface area (Å²) in [6.45, 7) is 9.28. The molecule has 19 heavy (non-hydrogen) atoms. The second-order valence-electron chi connectivity index (χ2n) is 6.60. The normalized spacial score (nSPS) is 21.3. The molecule has 1 aromatic rings. The fourth-order valence-corrected chi connectivity index (χ4v) is 3.20. The van der Waals surface area contributed by atoms with Gasteiger partial charge in [0, 0.05) is 24.8 Å². The van der Waals surface area contributed by atoms with E-state index in [0.29, 0.717) is 11.3 Å². The van der Waals surface area contributed by atoms with E-state index >= 15 is 0 Å². The number of rotatable bonds is 2. The van der Waals surface area contributed by atoms with Gasteiger partial charge in [-0.1, -0.05) is 26.8 Å². The van der Waals surface area contributed by atoms with Gasteiger partial charge in [0.25, 0.3) is 0 Å². The highest BCUT2D eigenvalue weighted by Crippen LogP contribution is 2.35. The third-order valence-corrected chi connectivity index (χ3v) is 4.55. The first-order valence-electron chi connectivity index (χ1n) is 7.27. The molecule has 2 rings (SSSR count). The number of pyridine rings is 1. The first kappa shape index (κ1) is 14.6. The molecule has 0 radical (unpaired) electrons. The molecule has 0 saturated carbocycles. The van der Waals surface area contributed by atoms with E-state index in [1.54, 1.807) is 0 Å². The number of hydrogen-bond donors (Lipinski definition) is 0. The predicted octanol–water partition coefficient (Wildman–Crippen LogP) is 4.47. The van der Waals surface area contributed by atoms with Gasteiger partial charge >= 0.3 is 0 Å². The van der Waals surface area contributed by atoms with Gasteiger partial charge in [-0.3, -0.25) is 0 Å². The lowest BCUT2D eigenvalue weighted by molar-refractivity contribution is 0.220. The summed E-state index contributed by atoms with van der Waals surface area (Å²) in [5, 5.41) is 0. The van der Waals surface area contributed by atoms with Crippen LogP contribution in [0.4, 0.5) is 5.82 Å². The van der Waals surface area contributed by atoms with Crippen LogP contribution in [-0.4, -0.2) is 18.1 Å². The van der Waals surface area contributed by atoms with Gasteiger partial charge in [0.1, 0.15) is 5.82 Å². The van der Waals surface area contributed by atoms with Crippen molar-refractivity contribution in [3.8, 4) is 0 Å². The monoisotopic (exact) mass is 280 g/mol. The zero-order chi connectivity index (χ0) is 13.9. The second-order valence-corrected chi connectivity index (χ2v) is 6.87. The Kier molecular flexibility index (Phi) is 4.72. The van der Waals surface area contributed by atoms with E-state index in [1.807, 2.05) is 12.3 Å². The lowest BCUT2D eigenvalue weighted by atomic mass is 9.77. The molecule has 1 aliphatic heterocycles. The average Bonchev–Trinajstić information content (AvgIpc) is 2.64. The van der Waals surface area contributed by atoms with Gasteiger partial charge in [-0.2, -0.15) is 0 Å². The Morgan fingerprint density at radius 3 is 2.79 bits per heavy atom. The summed E-state index contributed by atoms with van der Waals surface area (Å²) in [6, 6.07) is 4.05. The Balaban J connectivity index is 2.11. The molecular formula is C16H25ClN2. The molecule has 1 unspecified atom stereocenters. The van der Waals surface area contributed by atoms with Crippen molar-refractivity contribution >= 4 is 17.4 Å². The highest BCUT2D eigenvalue weighted by atomic mass is 35.5. The molecule has 2 nitrogen and oxygen atoms in total. The zero-order valence-electron chi connectivity index (χ0n) is 12.3. The standard InChI is InChI=1S/C16H25ClN2/c1-16(2,3)14-7-5-10-19(11-8-14)15-13(12-17)6-4-9-18-15/h4,6,9,14H,5,7-8,10-12H2,1-3H3. The Morgan fingerprint density at radius 1 is 1.32 bits per heavy atom. The van der Waals surface area contributed by atoms with Gasteiger partial charge in [0.15, 0.2) is 0 Å². The number of hydrogen-bond acceptors (Lipinski definition) is 2. The first-order valence-corrected chi connectivity index (χ1v) is 7.80. The maximum Gasteiger partial charge on any atom is 0.132 e. The predicted molar refractivity (Wildman–Crippen MR) is 82.8 cm³/mol. The van der Waals surface area contributed by atoms with Crippen LogP contribution in [-0.2, 0) is 5.88 Å². The highest BCUT2D eigenvalue weighted by molar-refractivity contribution is 6.17. The molecule has 1 aromatic heterocycles. The van der Waals surface area contributed by atoms with Crippen LogP contribution in [0.15, 0.2) is 18.3 Å². The van der Waals surface area contributed by atoms with Crippen LogP contribution in [0.5, 0.6) is 0 Å². The average molecular weight is 281 g/mol. The molecule has 2 heterocycles. The van der Waals surface area contributed by atoms with Crippen LogP contribution in [0.3, 0.4) is 0 Å². The number of halogens is 1. The number of anilines is 1. The van der Waals surface area contributed by atoms with Crippen molar-refractivity contribution in [2.75, 3.05) is 18.0 Å². The molecule has 0 amide bonds. The molecule has 0 spiro atoms. The molecule has 1 saturated heterocycles. The van der Waals surface area contributed by atoms with Crippen LogP contribution in [0, 0.1) is 11.3 Å². The van der Waals surface area contributed by atoms with E-state index < -0.39 is 0 Å². The number of aromatic nitrogens is 1. The molecule has 0 N–H and O–H groups in total. The summed E-state index contributed by atoms with van der Waals surface area (Å²) in [5.41, 5.74) is 1.56.